The summed E-state index contributed by atoms with van der Waals surface area (Å²) >= 11 is 0. The molecule has 0 radical (unpaired) electrons. The fourth-order valence-electron chi connectivity index (χ4n) is 4.22. The van der Waals surface area contributed by atoms with Crippen LogP contribution < -0.4 is 5.32 Å². The van der Waals surface area contributed by atoms with Gasteiger partial charge in [-0.3, -0.25) is 4.79 Å². The Morgan fingerprint density at radius 1 is 1.15 bits per heavy atom. The molecule has 0 aliphatic heterocycles. The van der Waals surface area contributed by atoms with Crippen LogP contribution in [0.2, 0.25) is 0 Å². The lowest BCUT2D eigenvalue weighted by Crippen LogP contribution is -2.36. The molecule has 3 rings (SSSR count). The van der Waals surface area contributed by atoms with Crippen molar-refractivity contribution in [2.24, 2.45) is 5.92 Å². The van der Waals surface area contributed by atoms with Gasteiger partial charge >= 0.3 is 0 Å². The average molecular weight is 361 g/mol. The molecule has 2 aromatic carbocycles. The monoisotopic (exact) mass is 360 g/mol. The van der Waals surface area contributed by atoms with Crippen molar-refractivity contribution in [2.45, 2.75) is 51.4 Å². The summed E-state index contributed by atoms with van der Waals surface area (Å²) < 4.78 is 0. The molecule has 2 atom stereocenters. The van der Waals surface area contributed by atoms with E-state index in [1.54, 1.807) is 0 Å². The molecular formula is C24H28N2O. The standard InChI is InChI=1S/C24H28N2O/c1-17(2)18-8-7-9-19(16-18)20-10-3-4-11-21(20)22-12-5-6-13-23(22)24(27)26-15-14-25/h3-4,7-11,16-17,22-23H,5-6,12-13,15H2,1-2H3,(H,26,27). The first-order valence-electron chi connectivity index (χ1n) is 9.95. The van der Waals surface area contributed by atoms with Crippen molar-refractivity contribution in [2.75, 3.05) is 6.54 Å². The van der Waals surface area contributed by atoms with Gasteiger partial charge in [-0.2, -0.15) is 5.26 Å². The third-order valence-electron chi connectivity index (χ3n) is 5.67. The smallest absolute Gasteiger partial charge is 0.224 e. The molecule has 0 heterocycles. The van der Waals surface area contributed by atoms with E-state index in [2.05, 4.69) is 67.7 Å². The van der Waals surface area contributed by atoms with E-state index >= 15 is 0 Å². The first-order chi connectivity index (χ1) is 13.1. The van der Waals surface area contributed by atoms with Crippen LogP contribution in [0.3, 0.4) is 0 Å². The summed E-state index contributed by atoms with van der Waals surface area (Å²) in [6, 6.07) is 19.3. The molecule has 1 amide bonds. The molecule has 0 spiro atoms. The van der Waals surface area contributed by atoms with Crippen molar-refractivity contribution < 1.29 is 4.79 Å². The van der Waals surface area contributed by atoms with Crippen LogP contribution in [-0.2, 0) is 4.79 Å². The number of nitrogens with zero attached hydrogens (tertiary/aromatic N) is 1. The maximum atomic E-state index is 12.7. The van der Waals surface area contributed by atoms with Crippen LogP contribution in [0.5, 0.6) is 0 Å². The van der Waals surface area contributed by atoms with Gasteiger partial charge in [0.2, 0.25) is 5.91 Å². The SMILES string of the molecule is CC(C)c1cccc(-c2ccccc2C2CCCCC2C(=O)NCC#N)c1. The molecule has 0 bridgehead atoms. The van der Waals surface area contributed by atoms with E-state index in [0.717, 1.165) is 25.7 Å². The highest BCUT2D eigenvalue weighted by Crippen LogP contribution is 2.42. The molecule has 27 heavy (non-hydrogen) atoms. The summed E-state index contributed by atoms with van der Waals surface area (Å²) in [5, 5.41) is 11.6. The lowest BCUT2D eigenvalue weighted by molar-refractivity contribution is -0.126. The summed E-state index contributed by atoms with van der Waals surface area (Å²) in [5.74, 6) is 0.654. The largest absolute Gasteiger partial charge is 0.343 e. The summed E-state index contributed by atoms with van der Waals surface area (Å²) in [6.45, 7) is 4.50. The number of benzene rings is 2. The molecule has 0 saturated heterocycles. The molecule has 0 aromatic heterocycles. The lowest BCUT2D eigenvalue weighted by atomic mass is 9.73. The van der Waals surface area contributed by atoms with Crippen molar-refractivity contribution in [3.63, 3.8) is 0 Å². The highest BCUT2D eigenvalue weighted by atomic mass is 16.1. The van der Waals surface area contributed by atoms with E-state index in [0.29, 0.717) is 5.92 Å². The Morgan fingerprint density at radius 2 is 1.93 bits per heavy atom. The summed E-state index contributed by atoms with van der Waals surface area (Å²) in [6.07, 6.45) is 4.13. The number of nitriles is 1. The van der Waals surface area contributed by atoms with Crippen LogP contribution in [-0.4, -0.2) is 12.5 Å². The van der Waals surface area contributed by atoms with Gasteiger partial charge in [0.1, 0.15) is 6.54 Å². The average Bonchev–Trinajstić information content (AvgIpc) is 2.72. The number of hydrogen-bond acceptors (Lipinski definition) is 2. The number of rotatable bonds is 5. The quantitative estimate of drug-likeness (QED) is 0.727. The van der Waals surface area contributed by atoms with Gasteiger partial charge in [0, 0.05) is 5.92 Å². The minimum Gasteiger partial charge on any atom is -0.343 e. The Morgan fingerprint density at radius 3 is 2.70 bits per heavy atom. The normalized spacial score (nSPS) is 19.5. The molecule has 1 aliphatic carbocycles. The third-order valence-corrected chi connectivity index (χ3v) is 5.67. The summed E-state index contributed by atoms with van der Waals surface area (Å²) in [5.41, 5.74) is 5.04. The molecule has 140 valence electrons. The van der Waals surface area contributed by atoms with Crippen LogP contribution in [0.15, 0.2) is 48.5 Å². The Kier molecular flexibility index (Phi) is 6.29. The third kappa shape index (κ3) is 4.39. The second-order valence-corrected chi connectivity index (χ2v) is 7.74. The Balaban J connectivity index is 1.98. The molecule has 2 aromatic rings. The fourth-order valence-corrected chi connectivity index (χ4v) is 4.22. The minimum absolute atomic E-state index is 0.0204. The molecule has 1 N–H and O–H groups in total. The van der Waals surface area contributed by atoms with E-state index < -0.39 is 0 Å². The number of amides is 1. The molecule has 2 unspecified atom stereocenters. The number of carbonyl (C=O) groups excluding carboxylic acids is 1. The highest BCUT2D eigenvalue weighted by molar-refractivity contribution is 5.81. The van der Waals surface area contributed by atoms with Crippen LogP contribution in [0, 0.1) is 17.2 Å². The van der Waals surface area contributed by atoms with E-state index in [-0.39, 0.29) is 24.3 Å². The zero-order valence-corrected chi connectivity index (χ0v) is 16.2. The molecule has 1 saturated carbocycles. The van der Waals surface area contributed by atoms with Gasteiger partial charge in [-0.25, -0.2) is 0 Å². The van der Waals surface area contributed by atoms with Crippen LogP contribution >= 0.6 is 0 Å². The van der Waals surface area contributed by atoms with Crippen molar-refractivity contribution >= 4 is 5.91 Å². The number of hydrogen-bond donors (Lipinski definition) is 1. The minimum atomic E-state index is -0.0541. The number of nitrogens with one attached hydrogen (secondary N) is 1. The first-order valence-corrected chi connectivity index (χ1v) is 9.95. The van der Waals surface area contributed by atoms with Crippen molar-refractivity contribution in [3.8, 4) is 17.2 Å². The Labute approximate surface area is 162 Å². The summed E-state index contributed by atoms with van der Waals surface area (Å²) in [4.78, 5) is 12.7. The topological polar surface area (TPSA) is 52.9 Å². The Hall–Kier alpha value is -2.60. The predicted molar refractivity (Wildman–Crippen MR) is 109 cm³/mol. The Bertz CT molecular complexity index is 834. The van der Waals surface area contributed by atoms with Crippen LogP contribution in [0.4, 0.5) is 0 Å². The predicted octanol–water partition coefficient (Wildman–Crippen LogP) is 5.39. The molecule has 1 aliphatic rings. The van der Waals surface area contributed by atoms with Crippen LogP contribution in [0.1, 0.15) is 62.5 Å². The highest BCUT2D eigenvalue weighted by Gasteiger charge is 2.33. The van der Waals surface area contributed by atoms with Crippen molar-refractivity contribution in [1.82, 2.24) is 5.32 Å². The molecule has 3 heteroatoms. The van der Waals surface area contributed by atoms with Crippen molar-refractivity contribution in [1.29, 1.82) is 5.26 Å². The maximum Gasteiger partial charge on any atom is 0.224 e. The fraction of sp³-hybridized carbons (Fsp3) is 0.417. The molecule has 3 nitrogen and oxygen atoms in total. The number of carbonyl (C=O) groups is 1. The maximum absolute atomic E-state index is 12.7. The lowest BCUT2D eigenvalue weighted by Gasteiger charge is -2.32. The molecular weight excluding hydrogens is 332 g/mol. The van der Waals surface area contributed by atoms with E-state index in [1.807, 2.05) is 6.07 Å². The van der Waals surface area contributed by atoms with Gasteiger partial charge in [0.05, 0.1) is 6.07 Å². The first kappa shape index (κ1) is 19.2. The van der Waals surface area contributed by atoms with E-state index in [4.69, 9.17) is 5.26 Å². The van der Waals surface area contributed by atoms with Crippen LogP contribution in [0.25, 0.3) is 11.1 Å². The van der Waals surface area contributed by atoms with Gasteiger partial charge in [-0.1, -0.05) is 75.2 Å². The van der Waals surface area contributed by atoms with Crippen molar-refractivity contribution in [3.05, 3.63) is 59.7 Å². The van der Waals surface area contributed by atoms with Gasteiger partial charge in [-0.05, 0) is 46.9 Å². The van der Waals surface area contributed by atoms with Gasteiger partial charge < -0.3 is 5.32 Å². The zero-order valence-electron chi connectivity index (χ0n) is 16.2. The summed E-state index contributed by atoms with van der Waals surface area (Å²) in [7, 11) is 0. The second-order valence-electron chi connectivity index (χ2n) is 7.74. The van der Waals surface area contributed by atoms with E-state index in [1.165, 1.54) is 22.3 Å². The van der Waals surface area contributed by atoms with Gasteiger partial charge in [0.15, 0.2) is 0 Å². The van der Waals surface area contributed by atoms with Gasteiger partial charge in [0.25, 0.3) is 0 Å². The molecule has 1 fully saturated rings. The van der Waals surface area contributed by atoms with E-state index in [9.17, 15) is 4.79 Å². The second kappa shape index (κ2) is 8.86. The van der Waals surface area contributed by atoms with Gasteiger partial charge in [-0.15, -0.1) is 0 Å². The zero-order chi connectivity index (χ0) is 19.2.